The molecule has 0 aromatic carbocycles. The van der Waals surface area contributed by atoms with E-state index in [1.807, 2.05) is 6.07 Å². The van der Waals surface area contributed by atoms with Crippen LogP contribution in [0, 0.1) is 5.82 Å². The Labute approximate surface area is 174 Å². The first kappa shape index (κ1) is 20.3. The van der Waals surface area contributed by atoms with Gasteiger partial charge in [0.15, 0.2) is 11.6 Å². The number of ether oxygens (including phenoxy) is 1. The highest BCUT2D eigenvalue weighted by Crippen LogP contribution is 2.44. The number of aromatic nitrogens is 2. The lowest BCUT2D eigenvalue weighted by Crippen LogP contribution is -2.43. The van der Waals surface area contributed by atoms with Gasteiger partial charge in [-0.25, -0.2) is 14.4 Å². The number of halogens is 1. The van der Waals surface area contributed by atoms with Crippen molar-refractivity contribution in [3.63, 3.8) is 0 Å². The summed E-state index contributed by atoms with van der Waals surface area (Å²) in [5.41, 5.74) is 13.2. The van der Waals surface area contributed by atoms with Gasteiger partial charge >= 0.3 is 0 Å². The van der Waals surface area contributed by atoms with Crippen LogP contribution in [0.15, 0.2) is 18.3 Å². The monoisotopic (exact) mass is 414 g/mol. The molecule has 1 amide bonds. The summed E-state index contributed by atoms with van der Waals surface area (Å²) in [7, 11) is 1.59. The van der Waals surface area contributed by atoms with E-state index in [1.165, 1.54) is 0 Å². The van der Waals surface area contributed by atoms with E-state index >= 15 is 0 Å². The summed E-state index contributed by atoms with van der Waals surface area (Å²) in [5.74, 6) is -0.194. The molecule has 2 aromatic heterocycles. The van der Waals surface area contributed by atoms with E-state index in [-0.39, 0.29) is 29.3 Å². The Bertz CT molecular complexity index is 949. The Balaban J connectivity index is 1.64. The minimum absolute atomic E-state index is 0.0326. The Morgan fingerprint density at radius 3 is 2.63 bits per heavy atom. The standard InChI is InChI=1S/C21H27FN6O2/c1-30-21-13(11-6-7-11)8-12(10-25-21)26-19-14(18(24)29)9-15(22)20(28-19)27-17-5-3-2-4-16(17)23/h8-11,16-17H,2-7,23H2,1H3,(H2,24,29)(H2,26,27,28)/t16-,17?/m0/s1. The maximum atomic E-state index is 14.7. The molecule has 2 aromatic rings. The van der Waals surface area contributed by atoms with Crippen molar-refractivity contribution in [2.24, 2.45) is 11.5 Å². The van der Waals surface area contributed by atoms with Crippen molar-refractivity contribution in [1.82, 2.24) is 9.97 Å². The topological polar surface area (TPSA) is 128 Å². The first-order chi connectivity index (χ1) is 14.5. The van der Waals surface area contributed by atoms with Crippen LogP contribution in [0.25, 0.3) is 0 Å². The number of anilines is 3. The Morgan fingerprint density at radius 1 is 1.20 bits per heavy atom. The molecular formula is C21H27FN6O2. The van der Waals surface area contributed by atoms with E-state index in [0.717, 1.165) is 50.2 Å². The lowest BCUT2D eigenvalue weighted by molar-refractivity contribution is 0.100. The van der Waals surface area contributed by atoms with Gasteiger partial charge in [-0.1, -0.05) is 12.8 Å². The molecule has 4 rings (SSSR count). The molecule has 0 saturated heterocycles. The summed E-state index contributed by atoms with van der Waals surface area (Å²) in [6.45, 7) is 0. The molecule has 160 valence electrons. The van der Waals surface area contributed by atoms with E-state index in [9.17, 15) is 9.18 Å². The summed E-state index contributed by atoms with van der Waals surface area (Å²) < 4.78 is 20.0. The van der Waals surface area contributed by atoms with Gasteiger partial charge in [-0.15, -0.1) is 0 Å². The van der Waals surface area contributed by atoms with E-state index in [1.54, 1.807) is 13.3 Å². The normalized spacial score (nSPS) is 21.2. The zero-order chi connectivity index (χ0) is 21.3. The third kappa shape index (κ3) is 4.30. The summed E-state index contributed by atoms with van der Waals surface area (Å²) in [4.78, 5) is 20.6. The van der Waals surface area contributed by atoms with E-state index in [0.29, 0.717) is 17.5 Å². The summed E-state index contributed by atoms with van der Waals surface area (Å²) >= 11 is 0. The largest absolute Gasteiger partial charge is 0.481 e. The highest BCUT2D eigenvalue weighted by molar-refractivity contribution is 5.98. The Morgan fingerprint density at radius 2 is 1.97 bits per heavy atom. The maximum Gasteiger partial charge on any atom is 0.252 e. The van der Waals surface area contributed by atoms with Crippen molar-refractivity contribution in [3.05, 3.63) is 35.3 Å². The number of amides is 1. The number of nitrogens with zero attached hydrogens (tertiary/aromatic N) is 2. The van der Waals surface area contributed by atoms with Crippen molar-refractivity contribution in [2.45, 2.75) is 56.5 Å². The van der Waals surface area contributed by atoms with Crippen LogP contribution >= 0.6 is 0 Å². The molecule has 2 aliphatic carbocycles. The zero-order valence-corrected chi connectivity index (χ0v) is 17.0. The molecule has 2 fully saturated rings. The van der Waals surface area contributed by atoms with E-state index in [2.05, 4.69) is 20.6 Å². The van der Waals surface area contributed by atoms with Crippen molar-refractivity contribution in [3.8, 4) is 5.88 Å². The quantitative estimate of drug-likeness (QED) is 0.548. The number of nitrogens with one attached hydrogen (secondary N) is 2. The minimum Gasteiger partial charge on any atom is -0.481 e. The van der Waals surface area contributed by atoms with Crippen LogP contribution in [0.2, 0.25) is 0 Å². The SMILES string of the molecule is COc1ncc(Nc2nc(NC3CCCC[C@@H]3N)c(F)cc2C(N)=O)cc1C1CC1. The first-order valence-electron chi connectivity index (χ1n) is 10.3. The molecule has 2 saturated carbocycles. The zero-order valence-electron chi connectivity index (χ0n) is 17.0. The highest BCUT2D eigenvalue weighted by atomic mass is 19.1. The van der Waals surface area contributed by atoms with E-state index in [4.69, 9.17) is 16.2 Å². The number of carbonyl (C=O) groups excluding carboxylic acids is 1. The van der Waals surface area contributed by atoms with Crippen LogP contribution in [-0.4, -0.2) is 35.1 Å². The number of primary amides is 1. The van der Waals surface area contributed by atoms with Crippen LogP contribution in [-0.2, 0) is 0 Å². The predicted octanol–water partition coefficient (Wildman–Crippen LogP) is 3.03. The van der Waals surface area contributed by atoms with Crippen LogP contribution in [0.3, 0.4) is 0 Å². The van der Waals surface area contributed by atoms with Crippen molar-refractivity contribution in [2.75, 3.05) is 17.7 Å². The van der Waals surface area contributed by atoms with Crippen molar-refractivity contribution in [1.29, 1.82) is 0 Å². The Kier molecular flexibility index (Phi) is 5.72. The van der Waals surface area contributed by atoms with Crippen molar-refractivity contribution >= 4 is 23.2 Å². The number of nitrogens with two attached hydrogens (primary N) is 2. The number of pyridine rings is 2. The lowest BCUT2D eigenvalue weighted by Gasteiger charge is -2.30. The van der Waals surface area contributed by atoms with Gasteiger partial charge in [-0.2, -0.15) is 0 Å². The van der Waals surface area contributed by atoms with Crippen LogP contribution in [0.4, 0.5) is 21.7 Å². The van der Waals surface area contributed by atoms with Crippen molar-refractivity contribution < 1.29 is 13.9 Å². The first-order valence-corrected chi connectivity index (χ1v) is 10.3. The van der Waals surface area contributed by atoms with Gasteiger partial charge in [0.2, 0.25) is 5.88 Å². The third-order valence-corrected chi connectivity index (χ3v) is 5.74. The second-order valence-corrected chi connectivity index (χ2v) is 8.00. The van der Waals surface area contributed by atoms with Crippen LogP contribution in [0.1, 0.15) is 60.4 Å². The molecule has 6 N–H and O–H groups in total. The molecular weight excluding hydrogens is 387 g/mol. The summed E-state index contributed by atoms with van der Waals surface area (Å²) in [6.07, 6.45) is 7.57. The fourth-order valence-electron chi connectivity index (χ4n) is 3.92. The average molecular weight is 414 g/mol. The molecule has 8 nitrogen and oxygen atoms in total. The smallest absolute Gasteiger partial charge is 0.252 e. The number of carbonyl (C=O) groups is 1. The number of hydrogen-bond acceptors (Lipinski definition) is 7. The van der Waals surface area contributed by atoms with E-state index < -0.39 is 11.7 Å². The second-order valence-electron chi connectivity index (χ2n) is 8.00. The highest BCUT2D eigenvalue weighted by Gasteiger charge is 2.28. The molecule has 0 radical (unpaired) electrons. The average Bonchev–Trinajstić information content (AvgIpc) is 3.57. The lowest BCUT2D eigenvalue weighted by atomic mass is 9.91. The molecule has 30 heavy (non-hydrogen) atoms. The molecule has 1 unspecified atom stereocenters. The van der Waals surface area contributed by atoms with Gasteiger partial charge in [-0.05, 0) is 43.7 Å². The molecule has 2 aliphatic rings. The summed E-state index contributed by atoms with van der Waals surface area (Å²) in [6, 6.07) is 2.88. The molecule has 2 atom stereocenters. The van der Waals surface area contributed by atoms with Gasteiger partial charge in [0, 0.05) is 17.6 Å². The number of hydrogen-bond donors (Lipinski definition) is 4. The summed E-state index contributed by atoms with van der Waals surface area (Å²) in [5, 5.41) is 6.19. The molecule has 2 heterocycles. The second kappa shape index (κ2) is 8.43. The van der Waals surface area contributed by atoms with Gasteiger partial charge in [-0.3, -0.25) is 4.79 Å². The van der Waals surface area contributed by atoms with Gasteiger partial charge in [0.1, 0.15) is 5.82 Å². The molecule has 0 spiro atoms. The van der Waals surface area contributed by atoms with Gasteiger partial charge < -0.3 is 26.8 Å². The number of methoxy groups -OCH3 is 1. The van der Waals surface area contributed by atoms with Crippen LogP contribution in [0.5, 0.6) is 5.88 Å². The Hall–Kier alpha value is -2.94. The number of rotatable bonds is 7. The fraction of sp³-hybridized carbons (Fsp3) is 0.476. The maximum absolute atomic E-state index is 14.7. The predicted molar refractivity (Wildman–Crippen MR) is 113 cm³/mol. The molecule has 0 aliphatic heterocycles. The minimum atomic E-state index is -0.770. The molecule has 9 heteroatoms. The molecule has 0 bridgehead atoms. The fourth-order valence-corrected chi connectivity index (χ4v) is 3.92. The van der Waals surface area contributed by atoms with Gasteiger partial charge in [0.05, 0.1) is 24.6 Å². The third-order valence-electron chi connectivity index (χ3n) is 5.74. The van der Waals surface area contributed by atoms with Crippen LogP contribution < -0.4 is 26.8 Å². The van der Waals surface area contributed by atoms with Gasteiger partial charge in [0.25, 0.3) is 5.91 Å².